The molecule has 0 aromatic rings. The number of likely N-dealkylation sites (N-methyl/N-ethyl adjacent to an activating group) is 1. The van der Waals surface area contributed by atoms with Crippen molar-refractivity contribution in [2.24, 2.45) is 0 Å². The van der Waals surface area contributed by atoms with Gasteiger partial charge < -0.3 is 15.1 Å². The van der Waals surface area contributed by atoms with Crippen LogP contribution in [0.25, 0.3) is 0 Å². The summed E-state index contributed by atoms with van der Waals surface area (Å²) >= 11 is 0. The first-order valence-electron chi connectivity index (χ1n) is 7.39. The lowest BCUT2D eigenvalue weighted by atomic mass is 10.4. The van der Waals surface area contributed by atoms with E-state index in [1.807, 2.05) is 26.0 Å². The molecule has 1 saturated heterocycles. The highest BCUT2D eigenvalue weighted by Crippen LogP contribution is 2.07. The van der Waals surface area contributed by atoms with Crippen molar-refractivity contribution in [1.82, 2.24) is 19.4 Å². The molecule has 0 unspecified atom stereocenters. The smallest absolute Gasteiger partial charge is 0.221 e. The summed E-state index contributed by atoms with van der Waals surface area (Å²) in [5.41, 5.74) is 0. The van der Waals surface area contributed by atoms with Gasteiger partial charge in [0.25, 0.3) is 0 Å². The fourth-order valence-corrected chi connectivity index (χ4v) is 3.55. The molecule has 21 heavy (non-hydrogen) atoms. The second-order valence-electron chi connectivity index (χ2n) is 5.78. The number of rotatable bonds is 8. The molecular formula is C13H28N4O3S. The Bertz CT molecular complexity index is 417. The molecule has 0 aromatic heterocycles. The summed E-state index contributed by atoms with van der Waals surface area (Å²) in [7, 11) is 2.62. The first kappa shape index (κ1) is 18.3. The van der Waals surface area contributed by atoms with Gasteiger partial charge in [-0.05, 0) is 34.1 Å². The van der Waals surface area contributed by atoms with Gasteiger partial charge in [-0.2, -0.15) is 4.31 Å². The molecule has 1 rings (SSSR count). The van der Waals surface area contributed by atoms with Crippen molar-refractivity contribution in [2.75, 3.05) is 66.2 Å². The van der Waals surface area contributed by atoms with E-state index in [1.165, 1.54) is 4.31 Å². The second kappa shape index (κ2) is 8.67. The van der Waals surface area contributed by atoms with Gasteiger partial charge in [-0.25, -0.2) is 8.42 Å². The van der Waals surface area contributed by atoms with Crippen molar-refractivity contribution < 1.29 is 13.2 Å². The molecule has 0 aromatic carbocycles. The van der Waals surface area contributed by atoms with Crippen molar-refractivity contribution in [2.45, 2.75) is 12.8 Å². The molecule has 1 heterocycles. The third kappa shape index (κ3) is 7.21. The Morgan fingerprint density at radius 1 is 1.19 bits per heavy atom. The molecule has 1 amide bonds. The average molecular weight is 320 g/mol. The number of piperazine rings is 1. The van der Waals surface area contributed by atoms with Crippen molar-refractivity contribution in [3.8, 4) is 0 Å². The van der Waals surface area contributed by atoms with Crippen molar-refractivity contribution in [3.05, 3.63) is 0 Å². The standard InChI is InChI=1S/C13H28N4O3S/c1-15(2)7-4-6-14-13(18)5-12-21(19,20)17-10-8-16(3)9-11-17/h4-12H2,1-3H3,(H,14,18). The zero-order valence-corrected chi connectivity index (χ0v) is 14.2. The average Bonchev–Trinajstić information content (AvgIpc) is 2.42. The molecule has 0 aliphatic carbocycles. The van der Waals surface area contributed by atoms with Crippen LogP contribution >= 0.6 is 0 Å². The monoisotopic (exact) mass is 320 g/mol. The van der Waals surface area contributed by atoms with Gasteiger partial charge in [0.05, 0.1) is 5.75 Å². The van der Waals surface area contributed by atoms with Crippen LogP contribution in [0, 0.1) is 0 Å². The van der Waals surface area contributed by atoms with Crippen LogP contribution in [-0.2, 0) is 14.8 Å². The molecule has 0 spiro atoms. The van der Waals surface area contributed by atoms with Crippen molar-refractivity contribution >= 4 is 15.9 Å². The lowest BCUT2D eigenvalue weighted by molar-refractivity contribution is -0.120. The Hall–Kier alpha value is -0.700. The summed E-state index contributed by atoms with van der Waals surface area (Å²) in [4.78, 5) is 15.8. The minimum atomic E-state index is -3.31. The van der Waals surface area contributed by atoms with Gasteiger partial charge >= 0.3 is 0 Å². The van der Waals surface area contributed by atoms with Crippen LogP contribution in [0.5, 0.6) is 0 Å². The van der Waals surface area contributed by atoms with E-state index in [0.717, 1.165) is 26.1 Å². The van der Waals surface area contributed by atoms with Gasteiger partial charge in [-0.15, -0.1) is 0 Å². The third-order valence-corrected chi connectivity index (χ3v) is 5.42. The Morgan fingerprint density at radius 3 is 2.38 bits per heavy atom. The minimum Gasteiger partial charge on any atom is -0.356 e. The molecule has 1 fully saturated rings. The highest BCUT2D eigenvalue weighted by molar-refractivity contribution is 7.89. The van der Waals surface area contributed by atoms with Gasteiger partial charge in [0, 0.05) is 39.1 Å². The minimum absolute atomic E-state index is 0.0383. The lowest BCUT2D eigenvalue weighted by Crippen LogP contribution is -2.48. The molecule has 124 valence electrons. The Kier molecular flexibility index (Phi) is 7.58. The summed E-state index contributed by atoms with van der Waals surface area (Å²) in [5.74, 6) is -0.289. The van der Waals surface area contributed by atoms with Crippen LogP contribution in [0.1, 0.15) is 12.8 Å². The van der Waals surface area contributed by atoms with Crippen LogP contribution in [-0.4, -0.2) is 94.6 Å². The number of hydrogen-bond acceptors (Lipinski definition) is 5. The number of carbonyl (C=O) groups excluding carboxylic acids is 1. The van der Waals surface area contributed by atoms with Crippen LogP contribution in [0.4, 0.5) is 0 Å². The summed E-state index contributed by atoms with van der Waals surface area (Å²) in [6, 6.07) is 0. The molecule has 1 N–H and O–H groups in total. The van der Waals surface area contributed by atoms with E-state index in [-0.39, 0.29) is 18.1 Å². The highest BCUT2D eigenvalue weighted by Gasteiger charge is 2.25. The van der Waals surface area contributed by atoms with E-state index in [0.29, 0.717) is 19.6 Å². The van der Waals surface area contributed by atoms with Crippen LogP contribution in [0.3, 0.4) is 0 Å². The topological polar surface area (TPSA) is 73.0 Å². The van der Waals surface area contributed by atoms with Gasteiger partial charge in [-0.1, -0.05) is 0 Å². The van der Waals surface area contributed by atoms with E-state index >= 15 is 0 Å². The number of nitrogens with one attached hydrogen (secondary N) is 1. The zero-order valence-electron chi connectivity index (χ0n) is 13.3. The molecule has 0 bridgehead atoms. The predicted octanol–water partition coefficient (Wildman–Crippen LogP) is -0.978. The maximum absolute atomic E-state index is 12.1. The first-order chi connectivity index (χ1) is 9.81. The maximum atomic E-state index is 12.1. The van der Waals surface area contributed by atoms with Gasteiger partial charge in [0.2, 0.25) is 15.9 Å². The van der Waals surface area contributed by atoms with Crippen LogP contribution in [0.2, 0.25) is 0 Å². The largest absolute Gasteiger partial charge is 0.356 e. The summed E-state index contributed by atoms with van der Waals surface area (Å²) in [6.45, 7) is 4.02. The lowest BCUT2D eigenvalue weighted by Gasteiger charge is -2.31. The number of sulfonamides is 1. The maximum Gasteiger partial charge on any atom is 0.221 e. The summed E-state index contributed by atoms with van der Waals surface area (Å²) in [6.07, 6.45) is 0.903. The number of nitrogens with zero attached hydrogens (tertiary/aromatic N) is 3. The zero-order chi connectivity index (χ0) is 15.9. The number of carbonyl (C=O) groups is 1. The van der Waals surface area contributed by atoms with Gasteiger partial charge in [-0.3, -0.25) is 4.79 Å². The fraction of sp³-hybridized carbons (Fsp3) is 0.923. The molecular weight excluding hydrogens is 292 g/mol. The number of amides is 1. The van der Waals surface area contributed by atoms with E-state index in [1.54, 1.807) is 0 Å². The van der Waals surface area contributed by atoms with Crippen molar-refractivity contribution in [1.29, 1.82) is 0 Å². The first-order valence-corrected chi connectivity index (χ1v) is 9.00. The third-order valence-electron chi connectivity index (χ3n) is 3.55. The molecule has 1 aliphatic rings. The second-order valence-corrected chi connectivity index (χ2v) is 7.86. The number of hydrogen-bond donors (Lipinski definition) is 1. The fourth-order valence-electron chi connectivity index (χ4n) is 2.13. The van der Waals surface area contributed by atoms with Gasteiger partial charge in [0.1, 0.15) is 0 Å². The van der Waals surface area contributed by atoms with Crippen molar-refractivity contribution in [3.63, 3.8) is 0 Å². The normalized spacial score (nSPS) is 18.1. The molecule has 1 aliphatic heterocycles. The highest BCUT2D eigenvalue weighted by atomic mass is 32.2. The van der Waals surface area contributed by atoms with Gasteiger partial charge in [0.15, 0.2) is 0 Å². The summed E-state index contributed by atoms with van der Waals surface area (Å²) < 4.78 is 25.8. The SMILES string of the molecule is CN(C)CCCNC(=O)CCS(=O)(=O)N1CCN(C)CC1. The Morgan fingerprint density at radius 2 is 1.81 bits per heavy atom. The van der Waals surface area contributed by atoms with E-state index < -0.39 is 10.0 Å². The quantitative estimate of drug-likeness (QED) is 0.582. The van der Waals surface area contributed by atoms with E-state index in [9.17, 15) is 13.2 Å². The molecule has 7 nitrogen and oxygen atoms in total. The summed E-state index contributed by atoms with van der Waals surface area (Å²) in [5, 5.41) is 2.76. The van der Waals surface area contributed by atoms with Crippen LogP contribution < -0.4 is 5.32 Å². The molecule has 8 heteroatoms. The Balaban J connectivity index is 2.25. The van der Waals surface area contributed by atoms with Crippen LogP contribution in [0.15, 0.2) is 0 Å². The molecule has 0 radical (unpaired) electrons. The predicted molar refractivity (Wildman–Crippen MR) is 83.7 cm³/mol. The Labute approximate surface area is 128 Å². The van der Waals surface area contributed by atoms with E-state index in [2.05, 4.69) is 10.2 Å². The van der Waals surface area contributed by atoms with E-state index in [4.69, 9.17) is 0 Å². The molecule has 0 saturated carbocycles. The molecule has 0 atom stereocenters.